The molecule has 0 amide bonds. The molecule has 1 aliphatic carbocycles. The van der Waals surface area contributed by atoms with Crippen molar-refractivity contribution < 1.29 is 19.2 Å². The Morgan fingerprint density at radius 2 is 1.90 bits per heavy atom. The molecule has 0 aliphatic heterocycles. The van der Waals surface area contributed by atoms with E-state index in [0.29, 0.717) is 34.7 Å². The maximum atomic E-state index is 11.4. The number of aromatic nitrogens is 6. The van der Waals surface area contributed by atoms with Crippen LogP contribution in [-0.2, 0) is 0 Å². The lowest BCUT2D eigenvalue weighted by Crippen LogP contribution is -2.06. The van der Waals surface area contributed by atoms with E-state index in [1.807, 2.05) is 39.0 Å². The van der Waals surface area contributed by atoms with Crippen LogP contribution >= 0.6 is 0 Å². The summed E-state index contributed by atoms with van der Waals surface area (Å²) in [5.41, 5.74) is 6.06. The van der Waals surface area contributed by atoms with Gasteiger partial charge in [-0.05, 0) is 70.0 Å². The largest absolute Gasteiger partial charge is 0.496 e. The zero-order valence-electron chi connectivity index (χ0n) is 22.9. The summed E-state index contributed by atoms with van der Waals surface area (Å²) in [6, 6.07) is 12.7. The molecule has 1 aliphatic rings. The van der Waals surface area contributed by atoms with E-state index in [1.165, 1.54) is 0 Å². The van der Waals surface area contributed by atoms with Crippen molar-refractivity contribution in [1.29, 1.82) is 0 Å². The molecule has 41 heavy (non-hydrogen) atoms. The predicted octanol–water partition coefficient (Wildman–Crippen LogP) is 6.20. The molecule has 0 unspecified atom stereocenters. The van der Waals surface area contributed by atoms with Crippen LogP contribution in [0, 0.1) is 20.8 Å². The van der Waals surface area contributed by atoms with Crippen molar-refractivity contribution in [3.63, 3.8) is 0 Å². The van der Waals surface area contributed by atoms with Crippen molar-refractivity contribution >= 4 is 39.5 Å². The highest BCUT2D eigenvalue weighted by Gasteiger charge is 2.28. The lowest BCUT2D eigenvalue weighted by Gasteiger charge is -2.12. The average molecular weight is 550 g/mol. The zero-order chi connectivity index (χ0) is 28.4. The van der Waals surface area contributed by atoms with Gasteiger partial charge in [0.2, 0.25) is 0 Å². The molecule has 0 saturated heterocycles. The molecule has 6 aromatic rings. The highest BCUT2D eigenvalue weighted by molar-refractivity contribution is 6.13. The van der Waals surface area contributed by atoms with E-state index >= 15 is 0 Å². The number of H-pyrrole nitrogens is 1. The van der Waals surface area contributed by atoms with Gasteiger partial charge in [-0.25, -0.2) is 19.4 Å². The first-order valence-corrected chi connectivity index (χ1v) is 13.3. The third-order valence-electron chi connectivity index (χ3n) is 7.51. The Morgan fingerprint density at radius 1 is 1.12 bits per heavy atom. The SMILES string of the molecule is COc1cc2c(cc1-c1c(C)noc1C)[nH]c1nc(C)nc(Nc3cc(C4CC4)nn3-c3ccc(C(=O)O)cc3)c12. The van der Waals surface area contributed by atoms with E-state index in [4.69, 9.17) is 24.3 Å². The Labute approximate surface area is 234 Å². The molecule has 3 N–H and O–H groups in total. The van der Waals surface area contributed by atoms with Crippen LogP contribution in [0.3, 0.4) is 0 Å². The van der Waals surface area contributed by atoms with Crippen LogP contribution in [0.2, 0.25) is 0 Å². The average Bonchev–Trinajstić information content (AvgIpc) is 3.50. The molecule has 7 rings (SSSR count). The molecular formula is C30H27N7O4. The number of carboxylic acid groups (broad SMARTS) is 1. The van der Waals surface area contributed by atoms with Gasteiger partial charge in [0.15, 0.2) is 0 Å². The number of nitrogens with zero attached hydrogens (tertiary/aromatic N) is 5. The van der Waals surface area contributed by atoms with Crippen LogP contribution in [0.25, 0.3) is 38.8 Å². The Hall–Kier alpha value is -5.19. The maximum Gasteiger partial charge on any atom is 0.335 e. The van der Waals surface area contributed by atoms with Gasteiger partial charge in [-0.3, -0.25) is 0 Å². The fraction of sp³-hybridized carbons (Fsp3) is 0.233. The van der Waals surface area contributed by atoms with Gasteiger partial charge >= 0.3 is 5.97 Å². The molecule has 206 valence electrons. The first kappa shape index (κ1) is 24.8. The van der Waals surface area contributed by atoms with Crippen LogP contribution < -0.4 is 10.1 Å². The number of nitrogens with one attached hydrogen (secondary N) is 2. The molecule has 0 atom stereocenters. The summed E-state index contributed by atoms with van der Waals surface area (Å²) in [7, 11) is 1.64. The molecule has 0 spiro atoms. The van der Waals surface area contributed by atoms with Crippen LogP contribution in [0.5, 0.6) is 5.75 Å². The summed E-state index contributed by atoms with van der Waals surface area (Å²) in [5, 5.41) is 23.6. The van der Waals surface area contributed by atoms with Crippen LogP contribution in [0.1, 0.15) is 52.1 Å². The highest BCUT2D eigenvalue weighted by Crippen LogP contribution is 2.43. The van der Waals surface area contributed by atoms with Gasteiger partial charge in [0.25, 0.3) is 0 Å². The second kappa shape index (κ2) is 9.19. The van der Waals surface area contributed by atoms with Gasteiger partial charge in [-0.1, -0.05) is 5.16 Å². The minimum absolute atomic E-state index is 0.217. The standard InChI is InChI=1S/C30H27N7O4/c1-14-26(15(2)41-36-14)21-11-23-20(12-24(21)40-4)27-28(33-23)31-16(3)32-29(27)34-25-13-22(17-5-6-17)35-37(25)19-9-7-18(8-10-19)30(38)39/h7-13,17H,5-6H2,1-4H3,(H,38,39)(H2,31,32,33,34). The van der Waals surface area contributed by atoms with Gasteiger partial charge in [0.1, 0.15) is 34.6 Å². The lowest BCUT2D eigenvalue weighted by molar-refractivity contribution is 0.0697. The van der Waals surface area contributed by atoms with E-state index in [-0.39, 0.29) is 5.56 Å². The second-order valence-corrected chi connectivity index (χ2v) is 10.4. The number of carboxylic acids is 1. The zero-order valence-corrected chi connectivity index (χ0v) is 22.9. The summed E-state index contributed by atoms with van der Waals surface area (Å²) in [6.45, 7) is 5.64. The topological polar surface area (TPSA) is 144 Å². The number of methoxy groups -OCH3 is 1. The third-order valence-corrected chi connectivity index (χ3v) is 7.51. The number of benzene rings is 2. The van der Waals surface area contributed by atoms with Crippen LogP contribution in [0.4, 0.5) is 11.6 Å². The number of carbonyl (C=O) groups is 1. The van der Waals surface area contributed by atoms with Crippen molar-refractivity contribution in [2.75, 3.05) is 12.4 Å². The number of aryl methyl sites for hydroxylation is 3. The summed E-state index contributed by atoms with van der Waals surface area (Å²) in [5.74, 6) is 2.79. The Bertz CT molecular complexity index is 1960. The van der Waals surface area contributed by atoms with E-state index in [1.54, 1.807) is 36.1 Å². The third kappa shape index (κ3) is 4.17. The summed E-state index contributed by atoms with van der Waals surface area (Å²) in [6.07, 6.45) is 2.20. The van der Waals surface area contributed by atoms with E-state index in [9.17, 15) is 9.90 Å². The molecule has 2 aromatic carbocycles. The van der Waals surface area contributed by atoms with Crippen molar-refractivity contribution in [2.45, 2.75) is 39.5 Å². The number of fused-ring (bicyclic) bond motifs is 3. The molecule has 1 fully saturated rings. The van der Waals surface area contributed by atoms with Crippen molar-refractivity contribution in [2.24, 2.45) is 0 Å². The van der Waals surface area contributed by atoms with Gasteiger partial charge in [0, 0.05) is 28.5 Å². The smallest absolute Gasteiger partial charge is 0.335 e. The predicted molar refractivity (Wildman–Crippen MR) is 153 cm³/mol. The Kier molecular flexibility index (Phi) is 5.56. The van der Waals surface area contributed by atoms with E-state index < -0.39 is 5.97 Å². The van der Waals surface area contributed by atoms with Gasteiger partial charge in [-0.2, -0.15) is 5.10 Å². The number of ether oxygens (including phenoxy) is 1. The number of anilines is 2. The number of aromatic carboxylic acids is 1. The number of rotatable bonds is 7. The molecular weight excluding hydrogens is 522 g/mol. The molecule has 11 heteroatoms. The molecule has 0 bridgehead atoms. The van der Waals surface area contributed by atoms with Gasteiger partial charge < -0.3 is 24.7 Å². The molecule has 4 heterocycles. The Balaban J connectivity index is 1.38. The van der Waals surface area contributed by atoms with E-state index in [2.05, 4.69) is 15.5 Å². The lowest BCUT2D eigenvalue weighted by atomic mass is 10.0. The summed E-state index contributed by atoms with van der Waals surface area (Å²) in [4.78, 5) is 24.3. The minimum Gasteiger partial charge on any atom is -0.496 e. The highest BCUT2D eigenvalue weighted by atomic mass is 16.5. The summed E-state index contributed by atoms with van der Waals surface area (Å²) >= 11 is 0. The molecule has 4 aromatic heterocycles. The van der Waals surface area contributed by atoms with Gasteiger partial charge in [-0.15, -0.1) is 0 Å². The van der Waals surface area contributed by atoms with Crippen LogP contribution in [0.15, 0.2) is 47.0 Å². The minimum atomic E-state index is -0.972. The number of hydrogen-bond acceptors (Lipinski definition) is 8. The van der Waals surface area contributed by atoms with E-state index in [0.717, 1.165) is 63.2 Å². The second-order valence-electron chi connectivity index (χ2n) is 10.4. The van der Waals surface area contributed by atoms with Crippen molar-refractivity contribution in [1.82, 2.24) is 29.9 Å². The number of hydrogen-bond donors (Lipinski definition) is 3. The molecule has 1 saturated carbocycles. The normalized spacial score (nSPS) is 13.3. The maximum absolute atomic E-state index is 11.4. The number of aromatic amines is 1. The first-order valence-electron chi connectivity index (χ1n) is 13.3. The summed E-state index contributed by atoms with van der Waals surface area (Å²) < 4.78 is 13.1. The first-order chi connectivity index (χ1) is 19.8. The van der Waals surface area contributed by atoms with Gasteiger partial charge in [0.05, 0.1) is 40.7 Å². The fourth-order valence-electron chi connectivity index (χ4n) is 5.39. The molecule has 11 nitrogen and oxygen atoms in total. The molecule has 0 radical (unpaired) electrons. The van der Waals surface area contributed by atoms with Crippen molar-refractivity contribution in [3.8, 4) is 22.6 Å². The quantitative estimate of drug-likeness (QED) is 0.212. The van der Waals surface area contributed by atoms with Crippen molar-refractivity contribution in [3.05, 3.63) is 71.0 Å². The Morgan fingerprint density at radius 3 is 2.56 bits per heavy atom. The fourth-order valence-corrected chi connectivity index (χ4v) is 5.39. The van der Waals surface area contributed by atoms with Crippen LogP contribution in [-0.4, -0.2) is 48.1 Å². The monoisotopic (exact) mass is 549 g/mol.